The minimum atomic E-state index is 0.611. The molecule has 1 aromatic rings. The smallest absolute Gasteiger partial charge is 0.135 e. The highest BCUT2D eigenvalue weighted by Gasteiger charge is 2.03. The standard InChI is InChI=1S/C7H8BrNOS/c1-10-6-3-4(8)2-5(9)7(6)11/h2-3,11H,9H2,1H3. The molecule has 0 spiro atoms. The third-order valence-electron chi connectivity index (χ3n) is 1.29. The molecule has 11 heavy (non-hydrogen) atoms. The van der Waals surface area contributed by atoms with Gasteiger partial charge in [-0.1, -0.05) is 15.9 Å². The summed E-state index contributed by atoms with van der Waals surface area (Å²) in [6, 6.07) is 3.60. The fraction of sp³-hybridized carbons (Fsp3) is 0.143. The Balaban J connectivity index is 3.24. The van der Waals surface area contributed by atoms with Crippen molar-refractivity contribution in [3.63, 3.8) is 0 Å². The maximum absolute atomic E-state index is 5.61. The van der Waals surface area contributed by atoms with Crippen molar-refractivity contribution >= 4 is 34.2 Å². The van der Waals surface area contributed by atoms with Crippen LogP contribution in [0.5, 0.6) is 5.75 Å². The summed E-state index contributed by atoms with van der Waals surface area (Å²) in [6.45, 7) is 0. The molecule has 0 aliphatic rings. The molecular weight excluding hydrogens is 226 g/mol. The Morgan fingerprint density at radius 2 is 2.18 bits per heavy atom. The van der Waals surface area contributed by atoms with Gasteiger partial charge in [0.25, 0.3) is 0 Å². The lowest BCUT2D eigenvalue weighted by Gasteiger charge is -2.06. The summed E-state index contributed by atoms with van der Waals surface area (Å²) < 4.78 is 5.91. The average molecular weight is 234 g/mol. The average Bonchev–Trinajstić information content (AvgIpc) is 1.96. The molecule has 0 amide bonds. The van der Waals surface area contributed by atoms with Gasteiger partial charge in [-0.15, -0.1) is 12.6 Å². The molecule has 0 atom stereocenters. The van der Waals surface area contributed by atoms with Gasteiger partial charge in [-0.3, -0.25) is 0 Å². The number of anilines is 1. The number of nitrogen functional groups attached to an aromatic ring is 1. The molecule has 0 unspecified atom stereocenters. The largest absolute Gasteiger partial charge is 0.495 e. The number of thiol groups is 1. The Hall–Kier alpha value is -0.350. The lowest BCUT2D eigenvalue weighted by atomic mass is 10.3. The number of halogens is 1. The Morgan fingerprint density at radius 3 is 2.73 bits per heavy atom. The van der Waals surface area contributed by atoms with E-state index in [2.05, 4.69) is 28.6 Å². The number of benzene rings is 1. The van der Waals surface area contributed by atoms with Gasteiger partial charge in [-0.25, -0.2) is 0 Å². The highest BCUT2D eigenvalue weighted by atomic mass is 79.9. The predicted octanol–water partition coefficient (Wildman–Crippen LogP) is 2.33. The molecule has 0 saturated carbocycles. The summed E-state index contributed by atoms with van der Waals surface area (Å²) in [6.07, 6.45) is 0. The molecule has 60 valence electrons. The van der Waals surface area contributed by atoms with Crippen LogP contribution >= 0.6 is 28.6 Å². The fourth-order valence-corrected chi connectivity index (χ4v) is 1.42. The summed E-state index contributed by atoms with van der Waals surface area (Å²) in [4.78, 5) is 0.677. The lowest BCUT2D eigenvalue weighted by molar-refractivity contribution is 0.405. The second kappa shape index (κ2) is 3.36. The summed E-state index contributed by atoms with van der Waals surface area (Å²) >= 11 is 7.46. The number of ether oxygens (including phenoxy) is 1. The highest BCUT2D eigenvalue weighted by molar-refractivity contribution is 9.10. The highest BCUT2D eigenvalue weighted by Crippen LogP contribution is 2.31. The van der Waals surface area contributed by atoms with Crippen LogP contribution < -0.4 is 10.5 Å². The molecule has 0 aromatic heterocycles. The van der Waals surface area contributed by atoms with Crippen LogP contribution in [0.25, 0.3) is 0 Å². The van der Waals surface area contributed by atoms with Gasteiger partial charge in [0.2, 0.25) is 0 Å². The number of rotatable bonds is 1. The van der Waals surface area contributed by atoms with E-state index in [0.29, 0.717) is 16.3 Å². The molecule has 4 heteroatoms. The molecule has 0 aliphatic heterocycles. The molecule has 0 bridgehead atoms. The summed E-state index contributed by atoms with van der Waals surface area (Å²) in [5.41, 5.74) is 6.22. The van der Waals surface area contributed by atoms with Crippen molar-refractivity contribution < 1.29 is 4.74 Å². The van der Waals surface area contributed by atoms with E-state index in [0.717, 1.165) is 4.47 Å². The zero-order chi connectivity index (χ0) is 8.43. The summed E-state index contributed by atoms with van der Waals surface area (Å²) in [5.74, 6) is 0.681. The summed E-state index contributed by atoms with van der Waals surface area (Å²) in [7, 11) is 1.58. The second-order valence-corrected chi connectivity index (χ2v) is 3.41. The van der Waals surface area contributed by atoms with Crippen molar-refractivity contribution in [3.8, 4) is 5.75 Å². The monoisotopic (exact) mass is 233 g/mol. The second-order valence-electron chi connectivity index (χ2n) is 2.05. The Kier molecular flexibility index (Phi) is 2.67. The minimum Gasteiger partial charge on any atom is -0.495 e. The SMILES string of the molecule is COc1cc(Br)cc(N)c1S. The van der Waals surface area contributed by atoms with Crippen molar-refractivity contribution in [2.24, 2.45) is 0 Å². The van der Waals surface area contributed by atoms with Crippen LogP contribution in [0, 0.1) is 0 Å². The van der Waals surface area contributed by atoms with Crippen LogP contribution in [-0.2, 0) is 0 Å². The van der Waals surface area contributed by atoms with Crippen molar-refractivity contribution in [3.05, 3.63) is 16.6 Å². The van der Waals surface area contributed by atoms with Crippen LogP contribution in [0.1, 0.15) is 0 Å². The van der Waals surface area contributed by atoms with Gasteiger partial charge in [0.1, 0.15) is 5.75 Å². The van der Waals surface area contributed by atoms with Gasteiger partial charge in [0.05, 0.1) is 12.0 Å². The fourth-order valence-electron chi connectivity index (χ4n) is 0.750. The van der Waals surface area contributed by atoms with Gasteiger partial charge in [0, 0.05) is 10.2 Å². The van der Waals surface area contributed by atoms with Gasteiger partial charge in [0.15, 0.2) is 0 Å². The molecular formula is C7H8BrNOS. The lowest BCUT2D eigenvalue weighted by Crippen LogP contribution is -1.91. The molecule has 0 saturated heterocycles. The zero-order valence-electron chi connectivity index (χ0n) is 5.97. The first-order chi connectivity index (χ1) is 5.15. The molecule has 0 fully saturated rings. The molecule has 0 aliphatic carbocycles. The van der Waals surface area contributed by atoms with Gasteiger partial charge in [-0.05, 0) is 12.1 Å². The zero-order valence-corrected chi connectivity index (χ0v) is 8.45. The van der Waals surface area contributed by atoms with E-state index < -0.39 is 0 Å². The Bertz CT molecular complexity index is 277. The third-order valence-corrected chi connectivity index (χ3v) is 2.23. The number of hydrogen-bond acceptors (Lipinski definition) is 3. The number of methoxy groups -OCH3 is 1. The van der Waals surface area contributed by atoms with Crippen LogP contribution in [0.2, 0.25) is 0 Å². The van der Waals surface area contributed by atoms with Crippen LogP contribution in [0.3, 0.4) is 0 Å². The molecule has 1 aromatic carbocycles. The Labute approximate surface area is 79.3 Å². The van der Waals surface area contributed by atoms with Crippen molar-refractivity contribution in [2.45, 2.75) is 4.90 Å². The topological polar surface area (TPSA) is 35.2 Å². The molecule has 0 radical (unpaired) electrons. The molecule has 2 nitrogen and oxygen atoms in total. The first-order valence-electron chi connectivity index (χ1n) is 2.97. The van der Waals surface area contributed by atoms with Gasteiger partial charge in [-0.2, -0.15) is 0 Å². The first-order valence-corrected chi connectivity index (χ1v) is 4.21. The van der Waals surface area contributed by atoms with Crippen LogP contribution in [0.4, 0.5) is 5.69 Å². The third kappa shape index (κ3) is 1.81. The summed E-state index contributed by atoms with van der Waals surface area (Å²) in [5, 5.41) is 0. The van der Waals surface area contributed by atoms with Gasteiger partial charge < -0.3 is 10.5 Å². The molecule has 1 rings (SSSR count). The van der Waals surface area contributed by atoms with E-state index in [1.807, 2.05) is 6.07 Å². The number of nitrogens with two attached hydrogens (primary N) is 1. The van der Waals surface area contributed by atoms with E-state index >= 15 is 0 Å². The van der Waals surface area contributed by atoms with E-state index in [1.165, 1.54) is 0 Å². The predicted molar refractivity (Wildman–Crippen MR) is 52.4 cm³/mol. The van der Waals surface area contributed by atoms with Gasteiger partial charge >= 0.3 is 0 Å². The molecule has 2 N–H and O–H groups in total. The normalized spacial score (nSPS) is 9.73. The van der Waals surface area contributed by atoms with E-state index in [9.17, 15) is 0 Å². The molecule has 0 heterocycles. The van der Waals surface area contributed by atoms with Crippen LogP contribution in [0.15, 0.2) is 21.5 Å². The van der Waals surface area contributed by atoms with E-state index in [1.54, 1.807) is 13.2 Å². The van der Waals surface area contributed by atoms with Crippen molar-refractivity contribution in [1.82, 2.24) is 0 Å². The quantitative estimate of drug-likeness (QED) is 0.577. The van der Waals surface area contributed by atoms with Crippen molar-refractivity contribution in [1.29, 1.82) is 0 Å². The minimum absolute atomic E-state index is 0.611. The van der Waals surface area contributed by atoms with E-state index in [-0.39, 0.29) is 0 Å². The Morgan fingerprint density at radius 1 is 1.55 bits per heavy atom. The maximum atomic E-state index is 5.61. The van der Waals surface area contributed by atoms with Crippen molar-refractivity contribution in [2.75, 3.05) is 12.8 Å². The van der Waals surface area contributed by atoms with E-state index in [4.69, 9.17) is 10.5 Å². The first kappa shape index (κ1) is 8.74. The number of hydrogen-bond donors (Lipinski definition) is 2. The van der Waals surface area contributed by atoms with Crippen LogP contribution in [-0.4, -0.2) is 7.11 Å². The maximum Gasteiger partial charge on any atom is 0.135 e.